The molecule has 1 atom stereocenters. The molecule has 0 saturated carbocycles. The summed E-state index contributed by atoms with van der Waals surface area (Å²) in [5.74, 6) is 1.25. The SMILES string of the molecule is CC1CCN(C(=O)NCC2CCCc3ccccc32)CC1. The summed E-state index contributed by atoms with van der Waals surface area (Å²) in [4.78, 5) is 14.3. The van der Waals surface area contributed by atoms with E-state index in [9.17, 15) is 4.79 Å². The zero-order chi connectivity index (χ0) is 14.7. The van der Waals surface area contributed by atoms with Crippen molar-refractivity contribution in [1.82, 2.24) is 10.2 Å². The molecule has 1 N–H and O–H groups in total. The third-order valence-corrected chi connectivity index (χ3v) is 5.06. The lowest BCUT2D eigenvalue weighted by Crippen LogP contribution is -2.45. The highest BCUT2D eigenvalue weighted by Crippen LogP contribution is 2.30. The highest BCUT2D eigenvalue weighted by molar-refractivity contribution is 5.74. The molecule has 21 heavy (non-hydrogen) atoms. The van der Waals surface area contributed by atoms with Crippen LogP contribution in [0.4, 0.5) is 4.79 Å². The monoisotopic (exact) mass is 286 g/mol. The van der Waals surface area contributed by atoms with E-state index in [-0.39, 0.29) is 6.03 Å². The quantitative estimate of drug-likeness (QED) is 0.886. The Morgan fingerprint density at radius 3 is 2.81 bits per heavy atom. The van der Waals surface area contributed by atoms with Crippen LogP contribution in [-0.4, -0.2) is 30.6 Å². The van der Waals surface area contributed by atoms with Gasteiger partial charge in [0, 0.05) is 25.6 Å². The number of aryl methyl sites for hydroxylation is 1. The van der Waals surface area contributed by atoms with Crippen LogP contribution < -0.4 is 5.32 Å². The fourth-order valence-corrected chi connectivity index (χ4v) is 3.60. The first-order valence-electron chi connectivity index (χ1n) is 8.34. The number of piperidine rings is 1. The van der Waals surface area contributed by atoms with Gasteiger partial charge in [0.1, 0.15) is 0 Å². The van der Waals surface area contributed by atoms with Crippen molar-refractivity contribution in [1.29, 1.82) is 0 Å². The van der Waals surface area contributed by atoms with Gasteiger partial charge >= 0.3 is 6.03 Å². The summed E-state index contributed by atoms with van der Waals surface area (Å²) in [5.41, 5.74) is 2.91. The molecule has 1 unspecified atom stereocenters. The van der Waals surface area contributed by atoms with Gasteiger partial charge in [-0.15, -0.1) is 0 Å². The van der Waals surface area contributed by atoms with Crippen LogP contribution in [0.25, 0.3) is 0 Å². The Bertz CT molecular complexity index is 492. The second-order valence-electron chi connectivity index (χ2n) is 6.64. The minimum Gasteiger partial charge on any atom is -0.337 e. The Morgan fingerprint density at radius 2 is 2.00 bits per heavy atom. The number of rotatable bonds is 2. The van der Waals surface area contributed by atoms with Crippen molar-refractivity contribution < 1.29 is 4.79 Å². The van der Waals surface area contributed by atoms with Crippen molar-refractivity contribution in [2.24, 2.45) is 5.92 Å². The smallest absolute Gasteiger partial charge is 0.317 e. The number of benzene rings is 1. The average molecular weight is 286 g/mol. The molecule has 1 saturated heterocycles. The van der Waals surface area contributed by atoms with E-state index in [2.05, 4.69) is 36.5 Å². The summed E-state index contributed by atoms with van der Waals surface area (Å²) in [6.45, 7) is 4.87. The van der Waals surface area contributed by atoms with Gasteiger partial charge in [0.15, 0.2) is 0 Å². The number of fused-ring (bicyclic) bond motifs is 1. The molecule has 1 fully saturated rings. The lowest BCUT2D eigenvalue weighted by Gasteiger charge is -2.31. The van der Waals surface area contributed by atoms with Crippen LogP contribution in [0.5, 0.6) is 0 Å². The zero-order valence-electron chi connectivity index (χ0n) is 13.0. The van der Waals surface area contributed by atoms with Gasteiger partial charge in [-0.2, -0.15) is 0 Å². The summed E-state index contributed by atoms with van der Waals surface area (Å²) in [6, 6.07) is 8.83. The Morgan fingerprint density at radius 1 is 1.24 bits per heavy atom. The lowest BCUT2D eigenvalue weighted by molar-refractivity contribution is 0.173. The molecule has 1 aliphatic carbocycles. The van der Waals surface area contributed by atoms with Gasteiger partial charge in [-0.25, -0.2) is 4.79 Å². The van der Waals surface area contributed by atoms with Crippen molar-refractivity contribution in [2.75, 3.05) is 19.6 Å². The molecule has 2 amide bonds. The summed E-state index contributed by atoms with van der Waals surface area (Å²) >= 11 is 0. The lowest BCUT2D eigenvalue weighted by atomic mass is 9.83. The molecule has 1 heterocycles. The van der Waals surface area contributed by atoms with E-state index in [0.29, 0.717) is 5.92 Å². The number of carbonyl (C=O) groups excluding carboxylic acids is 1. The minimum atomic E-state index is 0.130. The highest BCUT2D eigenvalue weighted by Gasteiger charge is 2.23. The largest absolute Gasteiger partial charge is 0.337 e. The maximum Gasteiger partial charge on any atom is 0.317 e. The van der Waals surface area contributed by atoms with Crippen LogP contribution in [0.2, 0.25) is 0 Å². The second-order valence-corrected chi connectivity index (χ2v) is 6.64. The van der Waals surface area contributed by atoms with Gasteiger partial charge in [-0.1, -0.05) is 31.2 Å². The molecule has 1 aliphatic heterocycles. The van der Waals surface area contributed by atoms with E-state index >= 15 is 0 Å². The molecule has 0 bridgehead atoms. The Kier molecular flexibility index (Phi) is 4.47. The maximum absolute atomic E-state index is 12.3. The standard InChI is InChI=1S/C18H26N2O/c1-14-9-11-20(12-10-14)18(21)19-13-16-7-4-6-15-5-2-3-8-17(15)16/h2-3,5,8,14,16H,4,6-7,9-13H2,1H3,(H,19,21). The first-order valence-corrected chi connectivity index (χ1v) is 8.34. The van der Waals surface area contributed by atoms with E-state index in [1.54, 1.807) is 0 Å². The molecular weight excluding hydrogens is 260 g/mol. The van der Waals surface area contributed by atoms with Crippen LogP contribution in [-0.2, 0) is 6.42 Å². The van der Waals surface area contributed by atoms with E-state index < -0.39 is 0 Å². The molecule has 1 aromatic rings. The van der Waals surface area contributed by atoms with Gasteiger partial charge in [0.25, 0.3) is 0 Å². The molecule has 0 spiro atoms. The fraction of sp³-hybridized carbons (Fsp3) is 0.611. The Balaban J connectivity index is 1.55. The summed E-state index contributed by atoms with van der Waals surface area (Å²) < 4.78 is 0. The third-order valence-electron chi connectivity index (χ3n) is 5.06. The number of nitrogens with zero attached hydrogens (tertiary/aromatic N) is 1. The molecule has 0 aromatic heterocycles. The Hall–Kier alpha value is -1.51. The van der Waals surface area contributed by atoms with Gasteiger partial charge < -0.3 is 10.2 Å². The number of hydrogen-bond donors (Lipinski definition) is 1. The number of carbonyl (C=O) groups is 1. The molecule has 0 radical (unpaired) electrons. The van der Waals surface area contributed by atoms with Gasteiger partial charge in [0.05, 0.1) is 0 Å². The zero-order valence-corrected chi connectivity index (χ0v) is 13.0. The minimum absolute atomic E-state index is 0.130. The van der Waals surface area contributed by atoms with Crippen molar-refractivity contribution in [3.8, 4) is 0 Å². The van der Waals surface area contributed by atoms with Crippen LogP contribution in [0.3, 0.4) is 0 Å². The first kappa shape index (κ1) is 14.4. The van der Waals surface area contributed by atoms with E-state index in [1.165, 1.54) is 30.4 Å². The van der Waals surface area contributed by atoms with Crippen LogP contribution in [0, 0.1) is 5.92 Å². The van der Waals surface area contributed by atoms with Gasteiger partial charge in [0.2, 0.25) is 0 Å². The summed E-state index contributed by atoms with van der Waals surface area (Å²) in [7, 11) is 0. The molecule has 3 nitrogen and oxygen atoms in total. The number of likely N-dealkylation sites (tertiary alicyclic amines) is 1. The van der Waals surface area contributed by atoms with Crippen LogP contribution in [0.1, 0.15) is 49.7 Å². The summed E-state index contributed by atoms with van der Waals surface area (Å²) in [6.07, 6.45) is 5.89. The number of nitrogens with one attached hydrogen (secondary N) is 1. The number of urea groups is 1. The summed E-state index contributed by atoms with van der Waals surface area (Å²) in [5, 5.41) is 3.16. The van der Waals surface area contributed by atoms with Crippen LogP contribution >= 0.6 is 0 Å². The topological polar surface area (TPSA) is 32.3 Å². The molecule has 3 heteroatoms. The van der Waals surface area contributed by atoms with Gasteiger partial charge in [-0.3, -0.25) is 0 Å². The predicted octanol–water partition coefficient (Wildman–Crippen LogP) is 3.55. The molecule has 3 rings (SSSR count). The van der Waals surface area contributed by atoms with E-state index in [1.807, 2.05) is 4.90 Å². The van der Waals surface area contributed by atoms with Crippen molar-refractivity contribution >= 4 is 6.03 Å². The van der Waals surface area contributed by atoms with Crippen molar-refractivity contribution in [3.63, 3.8) is 0 Å². The molecule has 2 aliphatic rings. The second kappa shape index (κ2) is 6.50. The number of amides is 2. The highest BCUT2D eigenvalue weighted by atomic mass is 16.2. The van der Waals surface area contributed by atoms with Crippen molar-refractivity contribution in [3.05, 3.63) is 35.4 Å². The molecular formula is C18H26N2O. The predicted molar refractivity (Wildman–Crippen MR) is 85.5 cm³/mol. The van der Waals surface area contributed by atoms with E-state index in [4.69, 9.17) is 0 Å². The van der Waals surface area contributed by atoms with E-state index in [0.717, 1.165) is 38.4 Å². The third kappa shape index (κ3) is 3.39. The first-order chi connectivity index (χ1) is 10.2. The Labute approximate surface area is 127 Å². The molecule has 114 valence electrons. The maximum atomic E-state index is 12.3. The van der Waals surface area contributed by atoms with Crippen LogP contribution in [0.15, 0.2) is 24.3 Å². The van der Waals surface area contributed by atoms with Gasteiger partial charge in [-0.05, 0) is 49.1 Å². The normalized spacial score (nSPS) is 22.7. The molecule has 1 aromatic carbocycles. The fourth-order valence-electron chi connectivity index (χ4n) is 3.60. The van der Waals surface area contributed by atoms with Crippen molar-refractivity contribution in [2.45, 2.75) is 44.9 Å². The average Bonchev–Trinajstić information content (AvgIpc) is 2.53. The number of hydrogen-bond acceptors (Lipinski definition) is 1.